The van der Waals surface area contributed by atoms with Gasteiger partial charge in [-0.3, -0.25) is 14.6 Å². The Balaban J connectivity index is 1.08. The minimum atomic E-state index is -4.70. The predicted molar refractivity (Wildman–Crippen MR) is 199 cm³/mol. The molecule has 2 aromatic carbocycles. The molecular formula is C39H45N7O8S. The molecule has 8 rings (SSSR count). The number of likely N-dealkylation sites (tertiary alicyclic amines) is 3. The van der Waals surface area contributed by atoms with E-state index in [-0.39, 0.29) is 51.6 Å². The van der Waals surface area contributed by atoms with Gasteiger partial charge in [0.25, 0.3) is 15.9 Å². The first-order chi connectivity index (χ1) is 26.6. The van der Waals surface area contributed by atoms with Crippen LogP contribution in [-0.4, -0.2) is 125 Å². The summed E-state index contributed by atoms with van der Waals surface area (Å²) < 4.78 is 52.0. The summed E-state index contributed by atoms with van der Waals surface area (Å²) in [6.45, 7) is 8.81. The van der Waals surface area contributed by atoms with Gasteiger partial charge in [-0.2, -0.15) is 9.57 Å². The highest BCUT2D eigenvalue weighted by molar-refractivity contribution is 7.93. The van der Waals surface area contributed by atoms with Gasteiger partial charge in [-0.15, -0.1) is 0 Å². The number of nitrogens with one attached hydrogen (secondary N) is 1. The molecule has 1 N–H and O–H groups in total. The number of carbonyl (C=O) groups excluding carboxylic acids is 2. The third-order valence-electron chi connectivity index (χ3n) is 11.8. The van der Waals surface area contributed by atoms with Crippen LogP contribution in [0.1, 0.15) is 36.5 Å². The number of carbonyl (C=O) groups is 2. The number of sulfonamides is 1. The molecule has 1 unspecified atom stereocenters. The summed E-state index contributed by atoms with van der Waals surface area (Å²) in [6.07, 6.45) is 3.65. The zero-order chi connectivity index (χ0) is 38.5. The maximum absolute atomic E-state index is 15.2. The zero-order valence-electron chi connectivity index (χ0n) is 31.1. The van der Waals surface area contributed by atoms with Crippen LogP contribution < -0.4 is 23.8 Å². The molecule has 4 fully saturated rings. The third kappa shape index (κ3) is 6.23. The van der Waals surface area contributed by atoms with Crippen molar-refractivity contribution >= 4 is 27.6 Å². The van der Waals surface area contributed by atoms with Gasteiger partial charge in [0.2, 0.25) is 5.88 Å². The Morgan fingerprint density at radius 3 is 2.40 bits per heavy atom. The first kappa shape index (κ1) is 37.0. The molecule has 4 saturated heterocycles. The molecule has 0 saturated carbocycles. The molecule has 1 atom stereocenters. The molecule has 0 radical (unpaired) electrons. The van der Waals surface area contributed by atoms with Gasteiger partial charge in [0.05, 0.1) is 56.9 Å². The van der Waals surface area contributed by atoms with E-state index >= 15 is 4.79 Å². The zero-order valence-corrected chi connectivity index (χ0v) is 32.0. The van der Waals surface area contributed by atoms with Crippen LogP contribution in [0.5, 0.6) is 17.4 Å². The summed E-state index contributed by atoms with van der Waals surface area (Å²) in [7, 11) is -1.94. The molecule has 0 aliphatic carbocycles. The molecule has 16 heteroatoms. The molecule has 5 aliphatic rings. The molecule has 0 spiro atoms. The predicted octanol–water partition coefficient (Wildman–Crippen LogP) is 2.78. The van der Waals surface area contributed by atoms with Gasteiger partial charge in [-0.1, -0.05) is 0 Å². The van der Waals surface area contributed by atoms with Crippen molar-refractivity contribution in [2.45, 2.75) is 42.3 Å². The first-order valence-corrected chi connectivity index (χ1v) is 20.1. The van der Waals surface area contributed by atoms with E-state index in [0.29, 0.717) is 29.2 Å². The number of anilines is 1. The number of methoxy groups -OCH3 is 2. The van der Waals surface area contributed by atoms with E-state index in [2.05, 4.69) is 26.2 Å². The van der Waals surface area contributed by atoms with Crippen LogP contribution in [0.3, 0.4) is 0 Å². The molecule has 15 nitrogen and oxygen atoms in total. The number of rotatable bonds is 11. The smallest absolute Gasteiger partial charge is 0.318 e. The van der Waals surface area contributed by atoms with Crippen LogP contribution in [0, 0.1) is 23.2 Å². The SMILES string of the molecule is CCOc1ncccc1C1(NC(=O)N2CC(N3CCC(N4CC(C5COC5)C4)CC3)C2)C(=O)N(S(=O)(=O)c2ccc(OC)cc2OC)c2ccc(C#N)cc21. The summed E-state index contributed by atoms with van der Waals surface area (Å²) in [5, 5.41) is 12.9. The number of amides is 3. The second-order valence-corrected chi connectivity index (χ2v) is 16.5. The van der Waals surface area contributed by atoms with E-state index in [1.807, 2.05) is 0 Å². The van der Waals surface area contributed by atoms with E-state index < -0.39 is 27.5 Å². The summed E-state index contributed by atoms with van der Waals surface area (Å²) in [5.41, 5.74) is -1.80. The Morgan fingerprint density at radius 1 is 0.982 bits per heavy atom. The number of hydrogen-bond acceptors (Lipinski definition) is 12. The highest BCUT2D eigenvalue weighted by Crippen LogP contribution is 2.50. The Labute approximate surface area is 320 Å². The van der Waals surface area contributed by atoms with Crippen molar-refractivity contribution in [2.75, 3.05) is 77.6 Å². The van der Waals surface area contributed by atoms with Crippen LogP contribution in [-0.2, 0) is 25.1 Å². The van der Waals surface area contributed by atoms with Gasteiger partial charge in [-0.05, 0) is 68.1 Å². The van der Waals surface area contributed by atoms with E-state index in [0.717, 1.165) is 64.1 Å². The fourth-order valence-electron chi connectivity index (χ4n) is 8.54. The molecule has 55 heavy (non-hydrogen) atoms. The Morgan fingerprint density at radius 2 is 1.75 bits per heavy atom. The fraction of sp³-hybridized carbons (Fsp3) is 0.487. The van der Waals surface area contributed by atoms with Gasteiger partial charge >= 0.3 is 6.03 Å². The monoisotopic (exact) mass is 771 g/mol. The Hall–Kier alpha value is -4.95. The van der Waals surface area contributed by atoms with Crippen molar-refractivity contribution in [1.29, 1.82) is 5.26 Å². The Bertz CT molecular complexity index is 2120. The van der Waals surface area contributed by atoms with Crippen molar-refractivity contribution in [1.82, 2.24) is 25.0 Å². The van der Waals surface area contributed by atoms with Crippen molar-refractivity contribution in [2.24, 2.45) is 11.8 Å². The van der Waals surface area contributed by atoms with Gasteiger partial charge < -0.3 is 29.2 Å². The van der Waals surface area contributed by atoms with Crippen LogP contribution in [0.2, 0.25) is 0 Å². The number of benzene rings is 2. The lowest BCUT2D eigenvalue weighted by molar-refractivity contribution is -0.121. The third-order valence-corrected chi connectivity index (χ3v) is 13.6. The van der Waals surface area contributed by atoms with Crippen LogP contribution >= 0.6 is 0 Å². The molecule has 6 heterocycles. The number of nitriles is 1. The summed E-state index contributed by atoms with van der Waals surface area (Å²) in [4.78, 5) is 40.3. The van der Waals surface area contributed by atoms with Crippen molar-refractivity contribution in [3.63, 3.8) is 0 Å². The normalized spacial score (nSPS) is 22.6. The number of hydrogen-bond donors (Lipinski definition) is 1. The topological polar surface area (TPSA) is 167 Å². The highest BCUT2D eigenvalue weighted by Gasteiger charge is 2.60. The molecule has 3 aromatic rings. The molecule has 290 valence electrons. The van der Waals surface area contributed by atoms with Gasteiger partial charge in [0.1, 0.15) is 16.4 Å². The Kier molecular flexibility index (Phi) is 9.83. The number of piperidine rings is 1. The number of aromatic nitrogens is 1. The molecule has 1 aromatic heterocycles. The number of urea groups is 1. The van der Waals surface area contributed by atoms with E-state index in [9.17, 15) is 18.5 Å². The number of pyridine rings is 1. The average Bonchev–Trinajstić information content (AvgIpc) is 3.39. The lowest BCUT2D eigenvalue weighted by Gasteiger charge is -2.53. The van der Waals surface area contributed by atoms with Gasteiger partial charge in [-0.25, -0.2) is 18.2 Å². The molecule has 3 amide bonds. The van der Waals surface area contributed by atoms with E-state index in [1.54, 1.807) is 24.0 Å². The lowest BCUT2D eigenvalue weighted by Crippen LogP contribution is -2.67. The lowest BCUT2D eigenvalue weighted by atomic mass is 9.82. The summed E-state index contributed by atoms with van der Waals surface area (Å²) in [5.74, 6) is 0.823. The van der Waals surface area contributed by atoms with Gasteiger partial charge in [0.15, 0.2) is 5.54 Å². The first-order valence-electron chi connectivity index (χ1n) is 18.7. The molecule has 0 bridgehead atoms. The maximum atomic E-state index is 15.2. The largest absolute Gasteiger partial charge is 0.497 e. The summed E-state index contributed by atoms with van der Waals surface area (Å²) >= 11 is 0. The standard InChI is InChI=1S/C39H45N7O8S/c1-4-54-36-31(6-5-13-41-36)39(42-38(48)45-21-29(22-45)43-14-11-28(12-15-43)44-19-26(20-44)27-23-53-24-27)32-16-25(18-40)7-9-33(32)46(37(39)47)55(49,50)35-10-8-30(51-2)17-34(35)52-3/h5-10,13,16-17,26-29H,4,11-12,14-15,19-24H2,1-3H3,(H,42,48). The van der Waals surface area contributed by atoms with Gasteiger partial charge in [0, 0.05) is 75.1 Å². The van der Waals surface area contributed by atoms with E-state index in [4.69, 9.17) is 18.9 Å². The minimum absolute atomic E-state index is 0.0344. The van der Waals surface area contributed by atoms with Crippen LogP contribution in [0.15, 0.2) is 59.6 Å². The molecule has 5 aliphatic heterocycles. The highest BCUT2D eigenvalue weighted by atomic mass is 32.2. The second kappa shape index (κ2) is 14.6. The maximum Gasteiger partial charge on any atom is 0.318 e. The number of fused-ring (bicyclic) bond motifs is 1. The fourth-order valence-corrected chi connectivity index (χ4v) is 10.1. The molecular weight excluding hydrogens is 727 g/mol. The van der Waals surface area contributed by atoms with E-state index in [1.165, 1.54) is 56.8 Å². The number of ether oxygens (including phenoxy) is 4. The minimum Gasteiger partial charge on any atom is -0.497 e. The summed E-state index contributed by atoms with van der Waals surface area (Å²) in [6, 6.07) is 13.8. The number of nitrogens with zero attached hydrogens (tertiary/aromatic N) is 6. The second-order valence-electron chi connectivity index (χ2n) is 14.7. The van der Waals surface area contributed by atoms with Crippen molar-refractivity contribution in [3.8, 4) is 23.4 Å². The average molecular weight is 772 g/mol. The van der Waals surface area contributed by atoms with Crippen LogP contribution in [0.25, 0.3) is 0 Å². The van der Waals surface area contributed by atoms with Crippen molar-refractivity contribution < 1.29 is 37.0 Å². The quantitative estimate of drug-likeness (QED) is 0.304. The van der Waals surface area contributed by atoms with Crippen LogP contribution in [0.4, 0.5) is 10.5 Å². The van der Waals surface area contributed by atoms with Crippen molar-refractivity contribution in [3.05, 3.63) is 71.4 Å².